The molecule has 0 aliphatic carbocycles. The summed E-state index contributed by atoms with van der Waals surface area (Å²) in [5.41, 5.74) is 8.91. The van der Waals surface area contributed by atoms with E-state index in [1.54, 1.807) is 18.2 Å². The van der Waals surface area contributed by atoms with Gasteiger partial charge in [0, 0.05) is 37.0 Å². The number of amides is 2. The van der Waals surface area contributed by atoms with Gasteiger partial charge < -0.3 is 21.3 Å². The van der Waals surface area contributed by atoms with E-state index in [1.807, 2.05) is 36.4 Å². The Bertz CT molecular complexity index is 1520. The van der Waals surface area contributed by atoms with Crippen LogP contribution in [0.25, 0.3) is 5.69 Å². The molecule has 0 saturated carbocycles. The second-order valence-corrected chi connectivity index (χ2v) is 8.67. The van der Waals surface area contributed by atoms with Crippen LogP contribution in [-0.2, 0) is 19.5 Å². The average Bonchev–Trinajstić information content (AvgIpc) is 2.90. The Kier molecular flexibility index (Phi) is 6.55. The van der Waals surface area contributed by atoms with Gasteiger partial charge in [-0.3, -0.25) is 4.79 Å². The zero-order valence-electron chi connectivity index (χ0n) is 19.7. The number of nitrogen functional groups attached to an aromatic ring is 1. The summed E-state index contributed by atoms with van der Waals surface area (Å²) in [6.45, 7) is 0.740. The third-order valence-corrected chi connectivity index (χ3v) is 6.10. The maximum Gasteiger partial charge on any atom is 0.322 e. The van der Waals surface area contributed by atoms with Gasteiger partial charge in [-0.2, -0.15) is 0 Å². The predicted molar refractivity (Wildman–Crippen MR) is 138 cm³/mol. The SMILES string of the molecule is Nc1cccc(CNc2nc3c(c(=O)n2-c2ccccc2)CN(C(=O)Nc2ccc(F)c(F)c2)CC3)c1. The van der Waals surface area contributed by atoms with Crippen molar-refractivity contribution in [3.63, 3.8) is 0 Å². The van der Waals surface area contributed by atoms with Crippen LogP contribution in [0.4, 0.5) is 30.9 Å². The van der Waals surface area contributed by atoms with Crippen LogP contribution in [0, 0.1) is 11.6 Å². The second kappa shape index (κ2) is 10.1. The minimum absolute atomic E-state index is 0.0268. The van der Waals surface area contributed by atoms with Crippen LogP contribution < -0.4 is 21.9 Å². The number of anilines is 3. The third-order valence-electron chi connectivity index (χ3n) is 6.10. The largest absolute Gasteiger partial charge is 0.399 e. The highest BCUT2D eigenvalue weighted by Gasteiger charge is 2.27. The summed E-state index contributed by atoms with van der Waals surface area (Å²) in [5.74, 6) is -1.68. The molecule has 188 valence electrons. The van der Waals surface area contributed by atoms with Gasteiger partial charge in [-0.25, -0.2) is 23.1 Å². The molecule has 3 aromatic carbocycles. The summed E-state index contributed by atoms with van der Waals surface area (Å²) >= 11 is 0. The highest BCUT2D eigenvalue weighted by molar-refractivity contribution is 5.89. The first-order chi connectivity index (χ1) is 17.9. The van der Waals surface area contributed by atoms with Crippen LogP contribution in [0.2, 0.25) is 0 Å². The molecule has 0 spiro atoms. The molecule has 1 aliphatic rings. The number of hydrogen-bond acceptors (Lipinski definition) is 5. The van der Waals surface area contributed by atoms with E-state index >= 15 is 0 Å². The van der Waals surface area contributed by atoms with E-state index in [4.69, 9.17) is 10.7 Å². The zero-order valence-corrected chi connectivity index (χ0v) is 19.7. The highest BCUT2D eigenvalue weighted by Crippen LogP contribution is 2.21. The molecule has 8 nitrogen and oxygen atoms in total. The molecule has 1 aliphatic heterocycles. The first kappa shape index (κ1) is 24.0. The number of nitrogens with one attached hydrogen (secondary N) is 2. The van der Waals surface area contributed by atoms with Crippen molar-refractivity contribution in [2.24, 2.45) is 0 Å². The number of halogens is 2. The Morgan fingerprint density at radius 3 is 2.57 bits per heavy atom. The molecule has 10 heteroatoms. The Balaban J connectivity index is 1.44. The van der Waals surface area contributed by atoms with Gasteiger partial charge in [-0.05, 0) is 42.0 Å². The number of nitrogens with two attached hydrogens (primary N) is 1. The van der Waals surface area contributed by atoms with E-state index in [2.05, 4.69) is 10.6 Å². The predicted octanol–water partition coefficient (Wildman–Crippen LogP) is 4.30. The van der Waals surface area contributed by atoms with Gasteiger partial charge in [0.1, 0.15) is 0 Å². The molecular formula is C27H24F2N6O2. The zero-order chi connectivity index (χ0) is 25.9. The van der Waals surface area contributed by atoms with E-state index in [0.717, 1.165) is 17.7 Å². The van der Waals surface area contributed by atoms with Crippen molar-refractivity contribution in [2.45, 2.75) is 19.5 Å². The maximum atomic E-state index is 13.7. The molecular weight excluding hydrogens is 478 g/mol. The van der Waals surface area contributed by atoms with Crippen LogP contribution in [0.1, 0.15) is 16.8 Å². The van der Waals surface area contributed by atoms with E-state index in [1.165, 1.54) is 15.5 Å². The summed E-state index contributed by atoms with van der Waals surface area (Å²) in [7, 11) is 0. The topological polar surface area (TPSA) is 105 Å². The summed E-state index contributed by atoms with van der Waals surface area (Å²) in [6.07, 6.45) is 0.359. The van der Waals surface area contributed by atoms with Gasteiger partial charge in [-0.1, -0.05) is 30.3 Å². The fourth-order valence-electron chi connectivity index (χ4n) is 4.25. The van der Waals surface area contributed by atoms with E-state index in [-0.39, 0.29) is 17.8 Å². The molecule has 2 amide bonds. The Morgan fingerprint density at radius 2 is 1.81 bits per heavy atom. The van der Waals surface area contributed by atoms with Crippen molar-refractivity contribution in [3.05, 3.63) is 112 Å². The molecule has 0 atom stereocenters. The number of hydrogen-bond donors (Lipinski definition) is 3. The number of rotatable bonds is 5. The van der Waals surface area contributed by atoms with Crippen LogP contribution in [0.3, 0.4) is 0 Å². The van der Waals surface area contributed by atoms with Gasteiger partial charge in [0.05, 0.1) is 23.5 Å². The molecule has 0 fully saturated rings. The number of carbonyl (C=O) groups excluding carboxylic acids is 1. The molecule has 37 heavy (non-hydrogen) atoms. The number of aromatic nitrogens is 2. The highest BCUT2D eigenvalue weighted by atomic mass is 19.2. The van der Waals surface area contributed by atoms with Crippen molar-refractivity contribution in [3.8, 4) is 5.69 Å². The molecule has 0 unspecified atom stereocenters. The van der Waals surface area contributed by atoms with Crippen molar-refractivity contribution in [1.82, 2.24) is 14.5 Å². The quantitative estimate of drug-likeness (QED) is 0.353. The smallest absolute Gasteiger partial charge is 0.322 e. The van der Waals surface area contributed by atoms with E-state index in [0.29, 0.717) is 48.1 Å². The third kappa shape index (κ3) is 5.13. The lowest BCUT2D eigenvalue weighted by Gasteiger charge is -2.29. The number of carbonyl (C=O) groups is 1. The minimum Gasteiger partial charge on any atom is -0.399 e. The van der Waals surface area contributed by atoms with Crippen LogP contribution in [0.15, 0.2) is 77.6 Å². The number of para-hydroxylation sites is 1. The summed E-state index contributed by atoms with van der Waals surface area (Å²) in [5, 5.41) is 5.82. The van der Waals surface area contributed by atoms with E-state index < -0.39 is 17.7 Å². The maximum absolute atomic E-state index is 13.7. The average molecular weight is 503 g/mol. The fraction of sp³-hybridized carbons (Fsp3) is 0.148. The molecule has 2 heterocycles. The second-order valence-electron chi connectivity index (χ2n) is 8.67. The lowest BCUT2D eigenvalue weighted by atomic mass is 10.1. The number of fused-ring (bicyclic) bond motifs is 1. The number of nitrogens with zero attached hydrogens (tertiary/aromatic N) is 3. The van der Waals surface area contributed by atoms with Crippen molar-refractivity contribution >= 4 is 23.4 Å². The summed E-state index contributed by atoms with van der Waals surface area (Å²) in [6, 6.07) is 19.1. The monoisotopic (exact) mass is 502 g/mol. The van der Waals surface area contributed by atoms with E-state index in [9.17, 15) is 18.4 Å². The van der Waals surface area contributed by atoms with Crippen LogP contribution >= 0.6 is 0 Å². The first-order valence-corrected chi connectivity index (χ1v) is 11.7. The Labute approximate surface area is 211 Å². The van der Waals surface area contributed by atoms with Gasteiger partial charge in [-0.15, -0.1) is 0 Å². The molecule has 0 bridgehead atoms. The Morgan fingerprint density at radius 1 is 1.00 bits per heavy atom. The molecule has 0 saturated heterocycles. The van der Waals surface area contributed by atoms with Gasteiger partial charge in [0.25, 0.3) is 5.56 Å². The fourth-order valence-corrected chi connectivity index (χ4v) is 4.25. The molecule has 5 rings (SSSR count). The standard InChI is InChI=1S/C27H24F2N6O2/c28-22-10-9-19(14-23(22)29)32-27(37)34-12-11-24-21(16-34)25(36)35(20-7-2-1-3-8-20)26(33-24)31-15-17-5-4-6-18(30)13-17/h1-10,13-14H,11-12,15-16,30H2,(H,31,33)(H,32,37). The van der Waals surface area contributed by atoms with Crippen LogP contribution in [-0.4, -0.2) is 27.0 Å². The summed E-state index contributed by atoms with van der Waals surface area (Å²) in [4.78, 5) is 32.8. The summed E-state index contributed by atoms with van der Waals surface area (Å²) < 4.78 is 28.3. The van der Waals surface area contributed by atoms with Gasteiger partial charge in [0.2, 0.25) is 5.95 Å². The molecule has 4 N–H and O–H groups in total. The Hall–Kier alpha value is -4.73. The van der Waals surface area contributed by atoms with Crippen LogP contribution in [0.5, 0.6) is 0 Å². The first-order valence-electron chi connectivity index (χ1n) is 11.7. The lowest BCUT2D eigenvalue weighted by molar-refractivity contribution is 0.205. The van der Waals surface area contributed by atoms with Gasteiger partial charge in [0.15, 0.2) is 11.6 Å². The van der Waals surface area contributed by atoms with Gasteiger partial charge >= 0.3 is 6.03 Å². The number of urea groups is 1. The molecule has 4 aromatic rings. The normalized spacial score (nSPS) is 12.6. The van der Waals surface area contributed by atoms with Crippen molar-refractivity contribution in [1.29, 1.82) is 0 Å². The minimum atomic E-state index is -1.06. The molecule has 1 aromatic heterocycles. The van der Waals surface area contributed by atoms with Crippen molar-refractivity contribution < 1.29 is 13.6 Å². The molecule has 0 radical (unpaired) electrons. The van der Waals surface area contributed by atoms with Crippen molar-refractivity contribution in [2.75, 3.05) is 22.9 Å². The lowest BCUT2D eigenvalue weighted by Crippen LogP contribution is -2.43. The number of benzene rings is 3.